The molecule has 1 atom stereocenters. The number of sulfonamides is 2. The molecule has 0 saturated carbocycles. The number of carbonyl (C=O) groups is 1. The number of carbonyl (C=O) groups excluding carboxylic acids is 1. The summed E-state index contributed by atoms with van der Waals surface area (Å²) in [6.07, 6.45) is 0. The Balaban J connectivity index is 2.08. The summed E-state index contributed by atoms with van der Waals surface area (Å²) in [6.45, 7) is 3.31. The third kappa shape index (κ3) is 4.20. The molecule has 1 fully saturated rings. The second-order valence-corrected chi connectivity index (χ2v) is 9.97. The van der Waals surface area contributed by atoms with Gasteiger partial charge < -0.3 is 4.74 Å². The lowest BCUT2D eigenvalue weighted by Crippen LogP contribution is -2.30. The second-order valence-electron chi connectivity index (χ2n) is 6.46. The Kier molecular flexibility index (Phi) is 5.54. The van der Waals surface area contributed by atoms with Crippen molar-refractivity contribution in [2.75, 3.05) is 21.4 Å². The molecule has 0 bridgehead atoms. The van der Waals surface area contributed by atoms with Gasteiger partial charge in [-0.25, -0.2) is 25.5 Å². The van der Waals surface area contributed by atoms with Crippen LogP contribution in [0.25, 0.3) is 0 Å². The van der Waals surface area contributed by atoms with Gasteiger partial charge in [-0.1, -0.05) is 6.92 Å². The molecule has 2 aromatic rings. The van der Waals surface area contributed by atoms with Crippen molar-refractivity contribution in [2.24, 2.45) is 5.92 Å². The summed E-state index contributed by atoms with van der Waals surface area (Å²) in [5, 5.41) is 0. The number of hydrogen-bond donors (Lipinski definition) is 1. The van der Waals surface area contributed by atoms with Crippen molar-refractivity contribution >= 4 is 37.3 Å². The van der Waals surface area contributed by atoms with E-state index in [4.69, 9.17) is 4.74 Å². The first-order chi connectivity index (χ1) is 13.5. The largest absolute Gasteiger partial charge is 0.492 e. The number of amides is 1. The number of rotatable bonds is 6. The number of ether oxygens (including phenoxy) is 1. The third-order valence-corrected chi connectivity index (χ3v) is 7.48. The van der Waals surface area contributed by atoms with Gasteiger partial charge in [0.15, 0.2) is 0 Å². The highest BCUT2D eigenvalue weighted by Crippen LogP contribution is 2.34. The Labute approximate surface area is 168 Å². The summed E-state index contributed by atoms with van der Waals surface area (Å²) in [5.74, 6) is -2.26. The number of halogens is 1. The van der Waals surface area contributed by atoms with Crippen LogP contribution < -0.4 is 13.8 Å². The van der Waals surface area contributed by atoms with Crippen LogP contribution in [0.5, 0.6) is 5.75 Å². The molecule has 1 unspecified atom stereocenters. The predicted molar refractivity (Wildman–Crippen MR) is 105 cm³/mol. The zero-order valence-electron chi connectivity index (χ0n) is 15.6. The maximum atomic E-state index is 13.1. The van der Waals surface area contributed by atoms with E-state index < -0.39 is 37.7 Å². The van der Waals surface area contributed by atoms with Crippen molar-refractivity contribution in [1.82, 2.24) is 0 Å². The first-order valence-electron chi connectivity index (χ1n) is 8.67. The fourth-order valence-corrected chi connectivity index (χ4v) is 5.96. The minimum Gasteiger partial charge on any atom is -0.492 e. The van der Waals surface area contributed by atoms with Crippen LogP contribution in [-0.2, 0) is 24.8 Å². The smallest absolute Gasteiger partial charge is 0.265 e. The number of benzene rings is 2. The summed E-state index contributed by atoms with van der Waals surface area (Å²) >= 11 is 0. The van der Waals surface area contributed by atoms with Gasteiger partial charge in [0.25, 0.3) is 10.0 Å². The van der Waals surface area contributed by atoms with Gasteiger partial charge in [-0.2, -0.15) is 0 Å². The molecule has 0 spiro atoms. The Morgan fingerprint density at radius 3 is 2.41 bits per heavy atom. The van der Waals surface area contributed by atoms with Crippen LogP contribution in [0.1, 0.15) is 13.8 Å². The van der Waals surface area contributed by atoms with Crippen molar-refractivity contribution in [3.8, 4) is 5.75 Å². The predicted octanol–water partition coefficient (Wildman–Crippen LogP) is 2.34. The summed E-state index contributed by atoms with van der Waals surface area (Å²) in [7, 11) is -8.13. The molecule has 1 saturated heterocycles. The van der Waals surface area contributed by atoms with E-state index >= 15 is 0 Å². The van der Waals surface area contributed by atoms with E-state index in [9.17, 15) is 26.0 Å². The second kappa shape index (κ2) is 7.64. The molecule has 0 radical (unpaired) electrons. The lowest BCUT2D eigenvalue weighted by Gasteiger charge is -2.19. The summed E-state index contributed by atoms with van der Waals surface area (Å²) in [6, 6.07) is 8.35. The molecule has 1 aliphatic heterocycles. The summed E-state index contributed by atoms with van der Waals surface area (Å²) in [4.78, 5) is 12.0. The van der Waals surface area contributed by atoms with Crippen LogP contribution in [0.15, 0.2) is 47.4 Å². The van der Waals surface area contributed by atoms with Crippen molar-refractivity contribution in [3.05, 3.63) is 48.3 Å². The normalized spacial score (nSPS) is 18.7. The van der Waals surface area contributed by atoms with E-state index in [1.807, 2.05) is 0 Å². The van der Waals surface area contributed by atoms with Gasteiger partial charge in [-0.15, -0.1) is 0 Å². The van der Waals surface area contributed by atoms with Crippen LogP contribution in [0.4, 0.5) is 15.8 Å². The molecule has 8 nitrogen and oxygen atoms in total. The van der Waals surface area contributed by atoms with E-state index in [0.717, 1.165) is 18.2 Å². The molecule has 2 aromatic carbocycles. The molecule has 0 aliphatic carbocycles. The molecule has 1 heterocycles. The summed E-state index contributed by atoms with van der Waals surface area (Å²) < 4.78 is 71.9. The fraction of sp³-hybridized carbons (Fsp3) is 0.278. The molecular weight excluding hydrogens is 423 g/mol. The maximum absolute atomic E-state index is 13.1. The third-order valence-electron chi connectivity index (χ3n) is 4.21. The average molecular weight is 442 g/mol. The lowest BCUT2D eigenvalue weighted by atomic mass is 10.2. The number of anilines is 2. The molecule has 0 aromatic heterocycles. The molecule has 1 N–H and O–H groups in total. The Hall–Kier alpha value is -2.66. The standard InChI is InChI=1S/C18H19FN2O6S2/c1-3-27-16-9-8-15(21-18(22)12(2)11-28(21,23)24)10-17(16)29(25,26)20-14-6-4-13(19)5-7-14/h4-10,12,20H,3,11H2,1-2H3. The van der Waals surface area contributed by atoms with Crippen molar-refractivity contribution < 1.29 is 30.8 Å². The van der Waals surface area contributed by atoms with E-state index in [-0.39, 0.29) is 34.4 Å². The van der Waals surface area contributed by atoms with E-state index in [1.165, 1.54) is 31.2 Å². The highest BCUT2D eigenvalue weighted by atomic mass is 32.2. The van der Waals surface area contributed by atoms with Crippen LogP contribution in [0.2, 0.25) is 0 Å². The van der Waals surface area contributed by atoms with Gasteiger partial charge in [0.1, 0.15) is 16.5 Å². The van der Waals surface area contributed by atoms with Gasteiger partial charge in [-0.3, -0.25) is 9.52 Å². The van der Waals surface area contributed by atoms with Crippen LogP contribution in [0, 0.1) is 11.7 Å². The Bertz CT molecular complexity index is 1150. The molecule has 3 rings (SSSR count). The highest BCUT2D eigenvalue weighted by molar-refractivity contribution is 7.94. The van der Waals surface area contributed by atoms with E-state index in [1.54, 1.807) is 6.92 Å². The van der Waals surface area contributed by atoms with E-state index in [2.05, 4.69) is 4.72 Å². The molecular formula is C18H19FN2O6S2. The van der Waals surface area contributed by atoms with Gasteiger partial charge in [0.2, 0.25) is 15.9 Å². The zero-order chi connectivity index (χ0) is 21.4. The zero-order valence-corrected chi connectivity index (χ0v) is 17.3. The van der Waals surface area contributed by atoms with Gasteiger partial charge >= 0.3 is 0 Å². The van der Waals surface area contributed by atoms with Crippen LogP contribution in [-0.4, -0.2) is 35.1 Å². The lowest BCUT2D eigenvalue weighted by molar-refractivity contribution is -0.119. The van der Waals surface area contributed by atoms with E-state index in [0.29, 0.717) is 4.31 Å². The monoisotopic (exact) mass is 442 g/mol. The van der Waals surface area contributed by atoms with Crippen molar-refractivity contribution in [1.29, 1.82) is 0 Å². The fourth-order valence-electron chi connectivity index (χ4n) is 2.92. The first-order valence-corrected chi connectivity index (χ1v) is 11.8. The SMILES string of the molecule is CCOc1ccc(N2C(=O)C(C)CS2(=O)=O)cc1S(=O)(=O)Nc1ccc(F)cc1. The van der Waals surface area contributed by atoms with Gasteiger partial charge in [0.05, 0.1) is 24.0 Å². The van der Waals surface area contributed by atoms with Crippen molar-refractivity contribution in [3.63, 3.8) is 0 Å². The molecule has 156 valence electrons. The van der Waals surface area contributed by atoms with Gasteiger partial charge in [-0.05, 0) is 49.4 Å². The number of nitrogens with zero attached hydrogens (tertiary/aromatic N) is 1. The Morgan fingerprint density at radius 2 is 1.86 bits per heavy atom. The molecule has 1 amide bonds. The highest BCUT2D eigenvalue weighted by Gasteiger charge is 2.42. The van der Waals surface area contributed by atoms with Gasteiger partial charge in [0, 0.05) is 5.69 Å². The molecule has 29 heavy (non-hydrogen) atoms. The first kappa shape index (κ1) is 21.1. The quantitative estimate of drug-likeness (QED) is 0.735. The van der Waals surface area contributed by atoms with Crippen LogP contribution in [0.3, 0.4) is 0 Å². The Morgan fingerprint density at radius 1 is 1.21 bits per heavy atom. The topological polar surface area (TPSA) is 110 Å². The molecule has 11 heteroatoms. The minimum absolute atomic E-state index is 0.0112. The summed E-state index contributed by atoms with van der Waals surface area (Å²) in [5.41, 5.74) is 0.0139. The number of nitrogens with one attached hydrogen (secondary N) is 1. The average Bonchev–Trinajstić information content (AvgIpc) is 2.84. The minimum atomic E-state index is -4.23. The molecule has 1 aliphatic rings. The van der Waals surface area contributed by atoms with Crippen molar-refractivity contribution in [2.45, 2.75) is 18.7 Å². The number of hydrogen-bond acceptors (Lipinski definition) is 6. The maximum Gasteiger partial charge on any atom is 0.265 e. The van der Waals surface area contributed by atoms with Crippen LogP contribution >= 0.6 is 0 Å².